The smallest absolute Gasteiger partial charge is 0.254 e. The summed E-state index contributed by atoms with van der Waals surface area (Å²) in [6, 6.07) is 3.96. The molecule has 1 aromatic heterocycles. The van der Waals surface area contributed by atoms with Gasteiger partial charge >= 0.3 is 0 Å². The lowest BCUT2D eigenvalue weighted by Gasteiger charge is -2.31. The fourth-order valence-electron chi connectivity index (χ4n) is 2.96. The number of aryl methyl sites for hydroxylation is 1. The van der Waals surface area contributed by atoms with E-state index >= 15 is 0 Å². The quantitative estimate of drug-likeness (QED) is 0.919. The fraction of sp³-hybridized carbons (Fsp3) is 0.625. The van der Waals surface area contributed by atoms with Crippen molar-refractivity contribution in [2.75, 3.05) is 12.8 Å². The van der Waals surface area contributed by atoms with E-state index in [9.17, 15) is 4.79 Å². The Hall–Kier alpha value is -1.58. The van der Waals surface area contributed by atoms with Crippen LogP contribution in [0.25, 0.3) is 0 Å². The van der Waals surface area contributed by atoms with Crippen LogP contribution in [-0.2, 0) is 6.42 Å². The van der Waals surface area contributed by atoms with Gasteiger partial charge in [-0.05, 0) is 31.4 Å². The summed E-state index contributed by atoms with van der Waals surface area (Å²) in [5.74, 6) is 0.514. The molecule has 0 bridgehead atoms. The SMILES string of the molecule is CCCc1cc(C(=O)N(C)C2CCCCC2)cc(N)n1. The summed E-state index contributed by atoms with van der Waals surface area (Å²) in [5.41, 5.74) is 7.41. The first-order valence-corrected chi connectivity index (χ1v) is 7.65. The van der Waals surface area contributed by atoms with Crippen LogP contribution in [0, 0.1) is 0 Å². The standard InChI is InChI=1S/C16H25N3O/c1-3-7-13-10-12(11-15(17)18-13)16(20)19(2)14-8-5-4-6-9-14/h10-11,14H,3-9H2,1-2H3,(H2,17,18). The lowest BCUT2D eigenvalue weighted by molar-refractivity contribution is 0.0696. The van der Waals surface area contributed by atoms with E-state index in [1.54, 1.807) is 6.07 Å². The normalized spacial score (nSPS) is 16.1. The molecule has 0 aromatic carbocycles. The zero-order chi connectivity index (χ0) is 14.5. The second-order valence-corrected chi connectivity index (χ2v) is 5.73. The molecule has 0 atom stereocenters. The number of amides is 1. The predicted molar refractivity (Wildman–Crippen MR) is 81.6 cm³/mol. The van der Waals surface area contributed by atoms with Crippen molar-refractivity contribution in [3.63, 3.8) is 0 Å². The molecule has 0 unspecified atom stereocenters. The molecule has 1 heterocycles. The van der Waals surface area contributed by atoms with Crippen LogP contribution in [0.15, 0.2) is 12.1 Å². The third-order valence-electron chi connectivity index (χ3n) is 4.09. The zero-order valence-electron chi connectivity index (χ0n) is 12.6. The molecule has 0 saturated heterocycles. The summed E-state index contributed by atoms with van der Waals surface area (Å²) < 4.78 is 0. The summed E-state index contributed by atoms with van der Waals surface area (Å²) in [6.07, 6.45) is 7.83. The number of nitrogens with zero attached hydrogens (tertiary/aromatic N) is 2. The number of pyridine rings is 1. The van der Waals surface area contributed by atoms with Crippen molar-refractivity contribution in [2.24, 2.45) is 0 Å². The number of nitrogen functional groups attached to an aromatic ring is 1. The van der Waals surface area contributed by atoms with Crippen molar-refractivity contribution in [3.8, 4) is 0 Å². The highest BCUT2D eigenvalue weighted by atomic mass is 16.2. The first-order valence-electron chi connectivity index (χ1n) is 7.65. The molecule has 1 saturated carbocycles. The van der Waals surface area contributed by atoms with E-state index in [1.165, 1.54) is 19.3 Å². The highest BCUT2D eigenvalue weighted by Crippen LogP contribution is 2.23. The molecular formula is C16H25N3O. The summed E-state index contributed by atoms with van der Waals surface area (Å²) in [5, 5.41) is 0. The van der Waals surface area contributed by atoms with Gasteiger partial charge in [-0.2, -0.15) is 0 Å². The minimum atomic E-state index is 0.0725. The Balaban J connectivity index is 2.14. The molecule has 0 spiro atoms. The molecule has 2 rings (SSSR count). The number of rotatable bonds is 4. The second-order valence-electron chi connectivity index (χ2n) is 5.73. The average Bonchev–Trinajstić information content (AvgIpc) is 2.46. The number of aromatic nitrogens is 1. The minimum Gasteiger partial charge on any atom is -0.384 e. The average molecular weight is 275 g/mol. The van der Waals surface area contributed by atoms with E-state index in [0.29, 0.717) is 17.4 Å². The molecule has 1 aliphatic carbocycles. The van der Waals surface area contributed by atoms with Gasteiger partial charge in [0.25, 0.3) is 5.91 Å². The van der Waals surface area contributed by atoms with Crippen molar-refractivity contribution in [3.05, 3.63) is 23.4 Å². The van der Waals surface area contributed by atoms with Gasteiger partial charge < -0.3 is 10.6 Å². The maximum atomic E-state index is 12.6. The largest absolute Gasteiger partial charge is 0.384 e. The van der Waals surface area contributed by atoms with Crippen molar-refractivity contribution in [2.45, 2.75) is 57.9 Å². The van der Waals surface area contributed by atoms with Crippen LogP contribution in [-0.4, -0.2) is 28.9 Å². The molecule has 20 heavy (non-hydrogen) atoms. The Kier molecular flexibility index (Phi) is 4.99. The molecule has 1 aromatic rings. The Morgan fingerprint density at radius 1 is 1.35 bits per heavy atom. The van der Waals surface area contributed by atoms with Crippen LogP contribution in [0.5, 0.6) is 0 Å². The lowest BCUT2D eigenvalue weighted by Crippen LogP contribution is -2.38. The van der Waals surface area contributed by atoms with Gasteiger partial charge in [0.15, 0.2) is 0 Å². The monoisotopic (exact) mass is 275 g/mol. The molecule has 0 radical (unpaired) electrons. The maximum absolute atomic E-state index is 12.6. The van der Waals surface area contributed by atoms with E-state index in [4.69, 9.17) is 5.73 Å². The third-order valence-corrected chi connectivity index (χ3v) is 4.09. The molecule has 0 aliphatic heterocycles. The molecule has 4 heteroatoms. The molecule has 1 aliphatic rings. The number of hydrogen-bond donors (Lipinski definition) is 1. The summed E-state index contributed by atoms with van der Waals surface area (Å²) in [4.78, 5) is 18.8. The van der Waals surface area contributed by atoms with Gasteiger partial charge in [-0.1, -0.05) is 32.6 Å². The van der Waals surface area contributed by atoms with Crippen LogP contribution in [0.3, 0.4) is 0 Å². The van der Waals surface area contributed by atoms with E-state index in [0.717, 1.165) is 31.4 Å². The number of carbonyl (C=O) groups is 1. The van der Waals surface area contributed by atoms with Crippen molar-refractivity contribution < 1.29 is 4.79 Å². The molecule has 4 nitrogen and oxygen atoms in total. The highest BCUT2D eigenvalue weighted by Gasteiger charge is 2.23. The number of nitrogens with two attached hydrogens (primary N) is 1. The lowest BCUT2D eigenvalue weighted by atomic mass is 9.94. The first kappa shape index (κ1) is 14.8. The van der Waals surface area contributed by atoms with Crippen LogP contribution in [0.2, 0.25) is 0 Å². The number of hydrogen-bond acceptors (Lipinski definition) is 3. The molecule has 1 fully saturated rings. The van der Waals surface area contributed by atoms with E-state index in [1.807, 2.05) is 18.0 Å². The minimum absolute atomic E-state index is 0.0725. The summed E-state index contributed by atoms with van der Waals surface area (Å²) >= 11 is 0. The van der Waals surface area contributed by atoms with Crippen molar-refractivity contribution >= 4 is 11.7 Å². The fourth-order valence-corrected chi connectivity index (χ4v) is 2.96. The Labute approximate surface area is 121 Å². The summed E-state index contributed by atoms with van der Waals surface area (Å²) in [7, 11) is 1.91. The van der Waals surface area contributed by atoms with Crippen LogP contribution >= 0.6 is 0 Å². The molecule has 1 amide bonds. The predicted octanol–water partition coefficient (Wildman–Crippen LogP) is 3.02. The van der Waals surface area contributed by atoms with Gasteiger partial charge in [-0.15, -0.1) is 0 Å². The molecule has 2 N–H and O–H groups in total. The van der Waals surface area contributed by atoms with Crippen molar-refractivity contribution in [1.29, 1.82) is 0 Å². The maximum Gasteiger partial charge on any atom is 0.254 e. The highest BCUT2D eigenvalue weighted by molar-refractivity contribution is 5.95. The Bertz CT molecular complexity index is 467. The Morgan fingerprint density at radius 2 is 2.05 bits per heavy atom. The second kappa shape index (κ2) is 6.73. The van der Waals surface area contributed by atoms with Gasteiger partial charge in [0.05, 0.1) is 0 Å². The van der Waals surface area contributed by atoms with Gasteiger partial charge in [0, 0.05) is 24.3 Å². The molecule has 110 valence electrons. The Morgan fingerprint density at radius 3 is 2.70 bits per heavy atom. The third kappa shape index (κ3) is 3.50. The van der Waals surface area contributed by atoms with Gasteiger partial charge in [0.1, 0.15) is 5.82 Å². The van der Waals surface area contributed by atoms with Crippen LogP contribution < -0.4 is 5.73 Å². The van der Waals surface area contributed by atoms with Gasteiger partial charge in [-0.3, -0.25) is 4.79 Å². The van der Waals surface area contributed by atoms with E-state index in [-0.39, 0.29) is 5.91 Å². The van der Waals surface area contributed by atoms with Gasteiger partial charge in [0.2, 0.25) is 0 Å². The van der Waals surface area contributed by atoms with E-state index < -0.39 is 0 Å². The topological polar surface area (TPSA) is 59.2 Å². The van der Waals surface area contributed by atoms with Crippen LogP contribution in [0.4, 0.5) is 5.82 Å². The molecular weight excluding hydrogens is 250 g/mol. The number of anilines is 1. The van der Waals surface area contributed by atoms with E-state index in [2.05, 4.69) is 11.9 Å². The van der Waals surface area contributed by atoms with Crippen molar-refractivity contribution in [1.82, 2.24) is 9.88 Å². The zero-order valence-corrected chi connectivity index (χ0v) is 12.6. The number of carbonyl (C=O) groups excluding carboxylic acids is 1. The first-order chi connectivity index (χ1) is 9.61. The van der Waals surface area contributed by atoms with Crippen LogP contribution in [0.1, 0.15) is 61.5 Å². The van der Waals surface area contributed by atoms with Gasteiger partial charge in [-0.25, -0.2) is 4.98 Å². The summed E-state index contributed by atoms with van der Waals surface area (Å²) in [6.45, 7) is 2.10.